The first kappa shape index (κ1) is 32.5. The minimum absolute atomic E-state index is 0. The molecule has 6 heteroatoms. The van der Waals surface area contributed by atoms with Crippen LogP contribution in [-0.4, -0.2) is 19.3 Å². The molecule has 0 amide bonds. The molecule has 0 atom stereocenters. The average molecular weight is 798 g/mol. The van der Waals surface area contributed by atoms with Gasteiger partial charge in [-0.3, -0.25) is 4.68 Å². The number of ether oxygens (including phenoxy) is 1. The Morgan fingerprint density at radius 3 is 2.36 bits per heavy atom. The molecule has 0 aliphatic rings. The predicted octanol–water partition coefficient (Wildman–Crippen LogP) is 10.6. The first-order chi connectivity index (χ1) is 22.6. The molecular weight excluding hydrogens is 760 g/mol. The molecule has 47 heavy (non-hydrogen) atoms. The van der Waals surface area contributed by atoms with Gasteiger partial charge in [0.25, 0.3) is 0 Å². The second-order valence-corrected chi connectivity index (χ2v) is 12.0. The zero-order chi connectivity index (χ0) is 31.5. The summed E-state index contributed by atoms with van der Waals surface area (Å²) in [5.74, 6) is 2.10. The Labute approximate surface area is 291 Å². The fourth-order valence-electron chi connectivity index (χ4n) is 6.43. The molecule has 0 radical (unpaired) electrons. The van der Waals surface area contributed by atoms with Crippen LogP contribution >= 0.6 is 0 Å². The van der Waals surface area contributed by atoms with Crippen molar-refractivity contribution < 1.29 is 25.8 Å². The van der Waals surface area contributed by atoms with Crippen molar-refractivity contribution in [3.05, 3.63) is 132 Å². The van der Waals surface area contributed by atoms with Gasteiger partial charge < -0.3 is 9.30 Å². The molecule has 0 aliphatic heterocycles. The van der Waals surface area contributed by atoms with Crippen LogP contribution in [0.3, 0.4) is 0 Å². The van der Waals surface area contributed by atoms with Crippen LogP contribution in [-0.2, 0) is 27.5 Å². The van der Waals surface area contributed by atoms with Gasteiger partial charge in [0.05, 0.1) is 5.69 Å². The molecule has 7 rings (SSSR count). The number of hydrogen-bond donors (Lipinski definition) is 0. The van der Waals surface area contributed by atoms with E-state index in [2.05, 4.69) is 115 Å². The van der Waals surface area contributed by atoms with E-state index in [9.17, 15) is 0 Å². The van der Waals surface area contributed by atoms with Gasteiger partial charge in [-0.2, -0.15) is 17.2 Å². The Hall–Kier alpha value is -4.47. The zero-order valence-electron chi connectivity index (χ0n) is 27.1. The number of pyridine rings is 1. The molecule has 3 heterocycles. The minimum Gasteiger partial charge on any atom is -0.509 e. The summed E-state index contributed by atoms with van der Waals surface area (Å²) in [4.78, 5) is 4.70. The van der Waals surface area contributed by atoms with Crippen molar-refractivity contribution in [1.82, 2.24) is 19.3 Å². The molecule has 0 bridgehead atoms. The molecule has 0 saturated carbocycles. The fraction of sp³-hybridized carbons (Fsp3) is 0.220. The molecule has 3 aromatic heterocycles. The molecule has 7 aromatic rings. The third kappa shape index (κ3) is 6.68. The van der Waals surface area contributed by atoms with Crippen LogP contribution in [0.2, 0.25) is 0 Å². The van der Waals surface area contributed by atoms with Crippen molar-refractivity contribution in [3.8, 4) is 34.1 Å². The number of aromatic nitrogens is 4. The van der Waals surface area contributed by atoms with Crippen LogP contribution in [0.25, 0.3) is 44.4 Å². The molecule has 4 aromatic carbocycles. The van der Waals surface area contributed by atoms with Gasteiger partial charge in [0.2, 0.25) is 0 Å². The molecule has 238 valence electrons. The number of nitrogens with zero attached hydrogens (tertiary/aromatic N) is 4. The number of unbranched alkanes of at least 4 members (excludes halogenated alkanes) is 4. The van der Waals surface area contributed by atoms with Gasteiger partial charge in [0.1, 0.15) is 5.82 Å². The molecule has 0 N–H and O–H groups in total. The topological polar surface area (TPSA) is 44.9 Å². The molecule has 0 fully saturated rings. The van der Waals surface area contributed by atoms with E-state index in [4.69, 9.17) is 14.8 Å². The first-order valence-electron chi connectivity index (χ1n) is 16.3. The molecule has 0 unspecified atom stereocenters. The Kier molecular flexibility index (Phi) is 10.0. The predicted molar refractivity (Wildman–Crippen MR) is 187 cm³/mol. The average Bonchev–Trinajstić information content (AvgIpc) is 3.59. The maximum atomic E-state index is 6.46. The Bertz CT molecular complexity index is 2130. The van der Waals surface area contributed by atoms with Crippen molar-refractivity contribution in [3.63, 3.8) is 0 Å². The molecule has 0 aliphatic carbocycles. The second-order valence-electron chi connectivity index (χ2n) is 12.0. The third-order valence-electron chi connectivity index (χ3n) is 8.62. The van der Waals surface area contributed by atoms with E-state index < -0.39 is 0 Å². The maximum absolute atomic E-state index is 6.46. The summed E-state index contributed by atoms with van der Waals surface area (Å²) in [6, 6.07) is 40.3. The van der Waals surface area contributed by atoms with E-state index in [-0.39, 0.29) is 21.1 Å². The van der Waals surface area contributed by atoms with Gasteiger partial charge in [-0.25, -0.2) is 4.98 Å². The number of para-hydroxylation sites is 1. The van der Waals surface area contributed by atoms with Crippen LogP contribution in [0.1, 0.15) is 56.0 Å². The Balaban J connectivity index is 0.00000386. The van der Waals surface area contributed by atoms with Crippen LogP contribution in [0.5, 0.6) is 11.5 Å². The van der Waals surface area contributed by atoms with Crippen LogP contribution < -0.4 is 4.74 Å². The van der Waals surface area contributed by atoms with Crippen LogP contribution in [0.4, 0.5) is 0 Å². The fourth-order valence-corrected chi connectivity index (χ4v) is 6.43. The smallest absolute Gasteiger partial charge is 0.509 e. The first-order valence-corrected chi connectivity index (χ1v) is 16.3. The largest absolute Gasteiger partial charge is 2.00 e. The summed E-state index contributed by atoms with van der Waals surface area (Å²) in [6.07, 6.45) is 8.93. The number of aryl methyl sites for hydroxylation is 2. The van der Waals surface area contributed by atoms with Crippen molar-refractivity contribution in [2.45, 2.75) is 59.3 Å². The Morgan fingerprint density at radius 1 is 0.745 bits per heavy atom. The normalized spacial score (nSPS) is 11.2. The van der Waals surface area contributed by atoms with E-state index in [1.807, 2.05) is 30.5 Å². The standard InChI is InChI=1S/C41H38N4O.Pt/c1-4-5-6-7-11-21-38-41(31-15-9-8-10-16-31)30(3)43-45(38)32-17-14-18-33(27-32)46-34-22-23-36-35-19-12-13-20-37(35)44(39(36)28-34)40-26-29(2)24-25-42-40;/h8-10,12-20,22-26H,4-7,11,21H2,1-3H3;/q-2;+2. The number of hydrogen-bond acceptors (Lipinski definition) is 3. The van der Waals surface area contributed by atoms with Gasteiger partial charge in [0.15, 0.2) is 0 Å². The second kappa shape index (κ2) is 14.5. The summed E-state index contributed by atoms with van der Waals surface area (Å²) in [7, 11) is 0. The molecule has 0 spiro atoms. The van der Waals surface area contributed by atoms with Crippen molar-refractivity contribution in [1.29, 1.82) is 0 Å². The summed E-state index contributed by atoms with van der Waals surface area (Å²) in [5, 5.41) is 7.31. The van der Waals surface area contributed by atoms with E-state index in [1.54, 1.807) is 0 Å². The van der Waals surface area contributed by atoms with E-state index >= 15 is 0 Å². The summed E-state index contributed by atoms with van der Waals surface area (Å²) >= 11 is 0. The van der Waals surface area contributed by atoms with Crippen molar-refractivity contribution >= 4 is 21.8 Å². The molecular formula is C41H38N4OPt. The number of fused-ring (bicyclic) bond motifs is 3. The van der Waals surface area contributed by atoms with Crippen LogP contribution in [0.15, 0.2) is 103 Å². The molecule has 5 nitrogen and oxygen atoms in total. The minimum atomic E-state index is 0. The van der Waals surface area contributed by atoms with Gasteiger partial charge >= 0.3 is 21.1 Å². The van der Waals surface area contributed by atoms with Gasteiger partial charge in [0, 0.05) is 34.5 Å². The van der Waals surface area contributed by atoms with E-state index in [0.29, 0.717) is 11.5 Å². The van der Waals surface area contributed by atoms with Crippen molar-refractivity contribution in [2.24, 2.45) is 0 Å². The van der Waals surface area contributed by atoms with Crippen LogP contribution in [0, 0.1) is 26.0 Å². The SMILES string of the molecule is CCCCCCCc1c(-c2ccccc2)c(C)nn1-c1[c-]c(Oc2[c-]c3c(cc2)c2ccccc2n3-c2cc(C)ccn2)ccc1.[Pt+2]. The number of benzene rings is 4. The third-order valence-corrected chi connectivity index (χ3v) is 8.62. The summed E-state index contributed by atoms with van der Waals surface area (Å²) in [5.41, 5.74) is 8.68. The Morgan fingerprint density at radius 2 is 1.53 bits per heavy atom. The quantitative estimate of drug-likeness (QED) is 0.0967. The summed E-state index contributed by atoms with van der Waals surface area (Å²) in [6.45, 7) is 6.45. The number of rotatable bonds is 11. The monoisotopic (exact) mass is 797 g/mol. The zero-order valence-corrected chi connectivity index (χ0v) is 29.3. The maximum Gasteiger partial charge on any atom is 2.00 e. The molecule has 0 saturated heterocycles. The van der Waals surface area contributed by atoms with E-state index in [0.717, 1.165) is 57.4 Å². The van der Waals surface area contributed by atoms with Gasteiger partial charge in [-0.15, -0.1) is 35.7 Å². The van der Waals surface area contributed by atoms with Crippen molar-refractivity contribution in [2.75, 3.05) is 0 Å². The summed E-state index contributed by atoms with van der Waals surface area (Å²) < 4.78 is 10.7. The van der Waals surface area contributed by atoms with Gasteiger partial charge in [-0.05, 0) is 67.1 Å². The van der Waals surface area contributed by atoms with E-state index in [1.165, 1.54) is 42.5 Å². The van der Waals surface area contributed by atoms with Gasteiger partial charge in [-0.1, -0.05) is 86.7 Å².